The summed E-state index contributed by atoms with van der Waals surface area (Å²) < 4.78 is 29.8. The summed E-state index contributed by atoms with van der Waals surface area (Å²) in [4.78, 5) is 12.8. The van der Waals surface area contributed by atoms with E-state index >= 15 is 0 Å². The fourth-order valence-electron chi connectivity index (χ4n) is 2.70. The molecule has 0 aliphatic heterocycles. The zero-order valence-corrected chi connectivity index (χ0v) is 15.7. The number of ether oxygens (including phenoxy) is 1. The molecule has 6 heteroatoms. The van der Waals surface area contributed by atoms with Crippen molar-refractivity contribution in [3.63, 3.8) is 0 Å². The van der Waals surface area contributed by atoms with Gasteiger partial charge in [0.1, 0.15) is 5.75 Å². The second kappa shape index (κ2) is 8.77. The highest BCUT2D eigenvalue weighted by atomic mass is 79.9. The summed E-state index contributed by atoms with van der Waals surface area (Å²) in [6, 6.07) is 22.4. The number of amides is 1. The van der Waals surface area contributed by atoms with Gasteiger partial charge in [0.05, 0.1) is 11.6 Å². The summed E-state index contributed by atoms with van der Waals surface area (Å²) in [6.45, 7) is -2.88. The van der Waals surface area contributed by atoms with Crippen LogP contribution < -0.4 is 10.1 Å². The molecule has 3 aromatic carbocycles. The molecule has 0 bridgehead atoms. The Morgan fingerprint density at radius 2 is 1.44 bits per heavy atom. The molecule has 138 valence electrons. The standard InChI is InChI=1S/C21H16BrF2NO2/c22-18-9-5-4-8-17(18)20(26)25-19(14-6-2-1-3-7-14)15-10-12-16(13-11-15)27-21(23)24/h1-13,19,21H,(H,25,26). The Bertz CT molecular complexity index is 902. The molecule has 0 spiro atoms. The van der Waals surface area contributed by atoms with E-state index in [-0.39, 0.29) is 11.7 Å². The van der Waals surface area contributed by atoms with Crippen LogP contribution in [0.5, 0.6) is 5.75 Å². The Kier molecular flexibility index (Phi) is 6.19. The van der Waals surface area contributed by atoms with Gasteiger partial charge < -0.3 is 10.1 Å². The Hall–Kier alpha value is -2.73. The molecule has 1 N–H and O–H groups in total. The lowest BCUT2D eigenvalue weighted by Gasteiger charge is -2.20. The van der Waals surface area contributed by atoms with E-state index in [1.54, 1.807) is 30.3 Å². The van der Waals surface area contributed by atoms with Crippen molar-refractivity contribution in [1.82, 2.24) is 5.32 Å². The maximum atomic E-state index is 12.8. The molecule has 1 amide bonds. The second-order valence-corrected chi connectivity index (χ2v) is 6.60. The summed E-state index contributed by atoms with van der Waals surface area (Å²) in [7, 11) is 0. The molecule has 0 saturated carbocycles. The van der Waals surface area contributed by atoms with Crippen LogP contribution in [0.4, 0.5) is 8.78 Å². The van der Waals surface area contributed by atoms with E-state index in [2.05, 4.69) is 26.0 Å². The SMILES string of the molecule is O=C(NC(c1ccccc1)c1ccc(OC(F)F)cc1)c1ccccc1Br. The van der Waals surface area contributed by atoms with Gasteiger partial charge in [0.15, 0.2) is 0 Å². The van der Waals surface area contributed by atoms with Gasteiger partial charge >= 0.3 is 6.61 Å². The summed E-state index contributed by atoms with van der Waals surface area (Å²) in [5.74, 6) is -0.179. The third kappa shape index (κ3) is 4.92. The van der Waals surface area contributed by atoms with E-state index in [1.165, 1.54) is 12.1 Å². The average molecular weight is 432 g/mol. The molecule has 1 unspecified atom stereocenters. The maximum absolute atomic E-state index is 12.8. The first-order valence-electron chi connectivity index (χ1n) is 8.19. The monoisotopic (exact) mass is 431 g/mol. The molecule has 0 aliphatic rings. The van der Waals surface area contributed by atoms with Gasteiger partial charge in [-0.15, -0.1) is 0 Å². The number of carbonyl (C=O) groups is 1. The second-order valence-electron chi connectivity index (χ2n) is 5.74. The molecular formula is C21H16BrF2NO2. The van der Waals surface area contributed by atoms with Crippen LogP contribution in [0.2, 0.25) is 0 Å². The lowest BCUT2D eigenvalue weighted by molar-refractivity contribution is -0.0498. The highest BCUT2D eigenvalue weighted by Crippen LogP contribution is 2.26. The van der Waals surface area contributed by atoms with Crippen LogP contribution in [0.25, 0.3) is 0 Å². The van der Waals surface area contributed by atoms with Gasteiger partial charge in [-0.2, -0.15) is 8.78 Å². The van der Waals surface area contributed by atoms with Crippen LogP contribution in [0.15, 0.2) is 83.3 Å². The molecule has 0 fully saturated rings. The normalized spacial score (nSPS) is 11.9. The highest BCUT2D eigenvalue weighted by Gasteiger charge is 2.19. The highest BCUT2D eigenvalue weighted by molar-refractivity contribution is 9.10. The molecule has 3 aromatic rings. The third-order valence-electron chi connectivity index (χ3n) is 3.97. The third-order valence-corrected chi connectivity index (χ3v) is 4.66. The van der Waals surface area contributed by atoms with E-state index in [9.17, 15) is 13.6 Å². The van der Waals surface area contributed by atoms with Crippen LogP contribution >= 0.6 is 15.9 Å². The van der Waals surface area contributed by atoms with Crippen LogP contribution in [0, 0.1) is 0 Å². The van der Waals surface area contributed by atoms with E-state index < -0.39 is 12.7 Å². The fourth-order valence-corrected chi connectivity index (χ4v) is 3.17. The van der Waals surface area contributed by atoms with Gasteiger partial charge in [0.2, 0.25) is 0 Å². The number of hydrogen-bond donors (Lipinski definition) is 1. The number of nitrogens with one attached hydrogen (secondary N) is 1. The minimum atomic E-state index is -2.88. The van der Waals surface area contributed by atoms with Gasteiger partial charge in [0.25, 0.3) is 5.91 Å². The zero-order valence-electron chi connectivity index (χ0n) is 14.1. The van der Waals surface area contributed by atoms with Crippen molar-refractivity contribution < 1.29 is 18.3 Å². The Morgan fingerprint density at radius 1 is 0.852 bits per heavy atom. The van der Waals surface area contributed by atoms with E-state index in [1.807, 2.05) is 36.4 Å². The lowest BCUT2D eigenvalue weighted by atomic mass is 9.98. The molecule has 27 heavy (non-hydrogen) atoms. The summed E-state index contributed by atoms with van der Waals surface area (Å²) in [5.41, 5.74) is 2.14. The molecule has 0 aromatic heterocycles. The van der Waals surface area contributed by atoms with Crippen molar-refractivity contribution in [2.24, 2.45) is 0 Å². The predicted octanol–water partition coefficient (Wildman–Crippen LogP) is 5.57. The molecular weight excluding hydrogens is 416 g/mol. The maximum Gasteiger partial charge on any atom is 0.387 e. The number of hydrogen-bond acceptors (Lipinski definition) is 2. The number of alkyl halides is 2. The van der Waals surface area contributed by atoms with E-state index in [0.29, 0.717) is 10.0 Å². The molecule has 0 saturated heterocycles. The molecule has 1 atom stereocenters. The topological polar surface area (TPSA) is 38.3 Å². The van der Waals surface area contributed by atoms with Crippen molar-refractivity contribution in [2.45, 2.75) is 12.7 Å². The molecule has 3 nitrogen and oxygen atoms in total. The summed E-state index contributed by atoms with van der Waals surface area (Å²) in [5, 5.41) is 3.01. The predicted molar refractivity (Wildman–Crippen MR) is 103 cm³/mol. The minimum absolute atomic E-state index is 0.0673. The first kappa shape index (κ1) is 19.0. The molecule has 0 radical (unpaired) electrons. The van der Waals surface area contributed by atoms with Crippen molar-refractivity contribution in [3.05, 3.63) is 100 Å². The minimum Gasteiger partial charge on any atom is -0.435 e. The van der Waals surface area contributed by atoms with Crippen molar-refractivity contribution in [2.75, 3.05) is 0 Å². The first-order chi connectivity index (χ1) is 13.0. The Labute approximate surface area is 164 Å². The van der Waals surface area contributed by atoms with Crippen molar-refractivity contribution in [3.8, 4) is 5.75 Å². The quantitative estimate of drug-likeness (QED) is 0.553. The van der Waals surface area contributed by atoms with Crippen LogP contribution in [-0.2, 0) is 0 Å². The van der Waals surface area contributed by atoms with Gasteiger partial charge in [-0.1, -0.05) is 54.6 Å². The number of halogens is 3. The lowest BCUT2D eigenvalue weighted by Crippen LogP contribution is -2.29. The Balaban J connectivity index is 1.90. The number of rotatable bonds is 6. The van der Waals surface area contributed by atoms with Gasteiger partial charge in [0, 0.05) is 4.47 Å². The van der Waals surface area contributed by atoms with Gasteiger partial charge in [-0.05, 0) is 51.3 Å². The molecule has 0 aliphatic carbocycles. The van der Waals surface area contributed by atoms with E-state index in [0.717, 1.165) is 11.1 Å². The molecule has 3 rings (SSSR count). The van der Waals surface area contributed by atoms with E-state index in [4.69, 9.17) is 0 Å². The smallest absolute Gasteiger partial charge is 0.387 e. The average Bonchev–Trinajstić information content (AvgIpc) is 2.67. The fraction of sp³-hybridized carbons (Fsp3) is 0.0952. The summed E-state index contributed by atoms with van der Waals surface area (Å²) >= 11 is 3.38. The van der Waals surface area contributed by atoms with Crippen molar-refractivity contribution >= 4 is 21.8 Å². The number of benzene rings is 3. The van der Waals surface area contributed by atoms with Crippen LogP contribution in [-0.4, -0.2) is 12.5 Å². The Morgan fingerprint density at radius 3 is 2.07 bits per heavy atom. The van der Waals surface area contributed by atoms with Crippen LogP contribution in [0.1, 0.15) is 27.5 Å². The zero-order chi connectivity index (χ0) is 19.2. The first-order valence-corrected chi connectivity index (χ1v) is 8.99. The van der Waals surface area contributed by atoms with Crippen molar-refractivity contribution in [1.29, 1.82) is 0 Å². The van der Waals surface area contributed by atoms with Gasteiger partial charge in [-0.3, -0.25) is 4.79 Å². The largest absolute Gasteiger partial charge is 0.435 e. The summed E-state index contributed by atoms with van der Waals surface area (Å²) in [6.07, 6.45) is 0. The molecule has 0 heterocycles. The number of carbonyl (C=O) groups excluding carboxylic acids is 1. The van der Waals surface area contributed by atoms with Crippen LogP contribution in [0.3, 0.4) is 0 Å². The van der Waals surface area contributed by atoms with Gasteiger partial charge in [-0.25, -0.2) is 0 Å².